The van der Waals surface area contributed by atoms with Crippen LogP contribution in [-0.4, -0.2) is 5.78 Å². The van der Waals surface area contributed by atoms with Crippen LogP contribution in [0.3, 0.4) is 0 Å². The van der Waals surface area contributed by atoms with Gasteiger partial charge in [-0.1, -0.05) is 39.8 Å². The first-order valence-electron chi connectivity index (χ1n) is 6.12. The zero-order valence-corrected chi connectivity index (χ0v) is 11.0. The van der Waals surface area contributed by atoms with Gasteiger partial charge in [0, 0.05) is 5.56 Å². The third-order valence-electron chi connectivity index (χ3n) is 3.26. The lowest BCUT2D eigenvalue weighted by atomic mass is 9.87. The largest absolute Gasteiger partial charge is 0.295 e. The zero-order chi connectivity index (χ0) is 12.3. The first kappa shape index (κ1) is 13.0. The zero-order valence-electron chi connectivity index (χ0n) is 11.0. The van der Waals surface area contributed by atoms with Gasteiger partial charge in [-0.3, -0.25) is 4.79 Å². The summed E-state index contributed by atoms with van der Waals surface area (Å²) in [7, 11) is 0. The van der Waals surface area contributed by atoms with Crippen molar-refractivity contribution >= 4 is 5.78 Å². The van der Waals surface area contributed by atoms with Crippen molar-refractivity contribution in [2.24, 2.45) is 0 Å². The van der Waals surface area contributed by atoms with Crippen LogP contribution in [0.5, 0.6) is 0 Å². The molecule has 16 heavy (non-hydrogen) atoms. The lowest BCUT2D eigenvalue weighted by molar-refractivity contribution is 0.101. The Morgan fingerprint density at radius 3 is 2.25 bits per heavy atom. The van der Waals surface area contributed by atoms with Gasteiger partial charge in [0.25, 0.3) is 0 Å². The minimum Gasteiger partial charge on any atom is -0.295 e. The molecule has 0 fully saturated rings. The summed E-state index contributed by atoms with van der Waals surface area (Å²) in [5.74, 6) is 1.20. The lowest BCUT2D eigenvalue weighted by Gasteiger charge is -2.18. The third kappa shape index (κ3) is 2.72. The van der Waals surface area contributed by atoms with Crippen molar-refractivity contribution in [3.63, 3.8) is 0 Å². The summed E-state index contributed by atoms with van der Waals surface area (Å²) in [5.41, 5.74) is 3.55. The van der Waals surface area contributed by atoms with Gasteiger partial charge in [0.15, 0.2) is 5.78 Å². The van der Waals surface area contributed by atoms with Crippen LogP contribution in [0.4, 0.5) is 0 Å². The van der Waals surface area contributed by atoms with E-state index in [1.54, 1.807) is 6.92 Å². The quantitative estimate of drug-likeness (QED) is 0.679. The van der Waals surface area contributed by atoms with Gasteiger partial charge < -0.3 is 0 Å². The molecule has 1 nitrogen and oxygen atoms in total. The molecule has 1 atom stereocenters. The number of rotatable bonds is 4. The lowest BCUT2D eigenvalue weighted by Crippen LogP contribution is -2.03. The van der Waals surface area contributed by atoms with Gasteiger partial charge in [0.05, 0.1) is 0 Å². The van der Waals surface area contributed by atoms with Gasteiger partial charge in [-0.15, -0.1) is 0 Å². The highest BCUT2D eigenvalue weighted by molar-refractivity contribution is 5.94. The molecule has 1 aromatic carbocycles. The van der Waals surface area contributed by atoms with Crippen molar-refractivity contribution in [2.45, 2.75) is 52.9 Å². The Hall–Kier alpha value is -1.11. The summed E-state index contributed by atoms with van der Waals surface area (Å²) >= 11 is 0. The molecule has 0 bridgehead atoms. The molecule has 1 heteroatoms. The summed E-state index contributed by atoms with van der Waals surface area (Å²) in [5, 5.41) is 0. The second kappa shape index (κ2) is 5.29. The van der Waals surface area contributed by atoms with E-state index in [4.69, 9.17) is 0 Å². The Morgan fingerprint density at radius 2 is 1.81 bits per heavy atom. The van der Waals surface area contributed by atoms with Gasteiger partial charge in [-0.25, -0.2) is 0 Å². The van der Waals surface area contributed by atoms with Gasteiger partial charge in [0.2, 0.25) is 0 Å². The molecule has 0 heterocycles. The first-order valence-corrected chi connectivity index (χ1v) is 6.12. The van der Waals surface area contributed by atoms with Crippen LogP contribution in [-0.2, 0) is 0 Å². The van der Waals surface area contributed by atoms with E-state index in [0.717, 1.165) is 12.0 Å². The molecule has 0 aromatic heterocycles. The molecule has 0 aliphatic rings. The average Bonchev–Trinajstić information content (AvgIpc) is 2.26. The van der Waals surface area contributed by atoms with E-state index in [-0.39, 0.29) is 5.78 Å². The van der Waals surface area contributed by atoms with Crippen molar-refractivity contribution in [2.75, 3.05) is 0 Å². The number of hydrogen-bond donors (Lipinski definition) is 0. The van der Waals surface area contributed by atoms with Gasteiger partial charge in [-0.05, 0) is 42.4 Å². The fourth-order valence-electron chi connectivity index (χ4n) is 1.97. The fraction of sp³-hybridized carbons (Fsp3) is 0.533. The van der Waals surface area contributed by atoms with Gasteiger partial charge in [-0.2, -0.15) is 0 Å². The Kier molecular flexibility index (Phi) is 4.28. The number of Topliss-reactive ketones (excluding diaryl/α,β-unsaturated/α-hetero) is 1. The highest BCUT2D eigenvalue weighted by Crippen LogP contribution is 2.29. The molecule has 1 rings (SSSR count). The maximum Gasteiger partial charge on any atom is 0.159 e. The van der Waals surface area contributed by atoms with Crippen molar-refractivity contribution < 1.29 is 4.79 Å². The molecule has 88 valence electrons. The molecule has 0 aliphatic heterocycles. The number of carbonyl (C=O) groups excluding carboxylic acids is 1. The summed E-state index contributed by atoms with van der Waals surface area (Å²) in [4.78, 5) is 11.4. The van der Waals surface area contributed by atoms with E-state index in [1.807, 2.05) is 6.07 Å². The number of benzene rings is 1. The van der Waals surface area contributed by atoms with E-state index >= 15 is 0 Å². The molecule has 0 saturated heterocycles. The Balaban J connectivity index is 3.26. The molecular weight excluding hydrogens is 196 g/mol. The van der Waals surface area contributed by atoms with E-state index in [9.17, 15) is 4.79 Å². The van der Waals surface area contributed by atoms with E-state index < -0.39 is 0 Å². The second-order valence-corrected chi connectivity index (χ2v) is 4.86. The first-order chi connectivity index (χ1) is 7.47. The highest BCUT2D eigenvalue weighted by atomic mass is 16.1. The van der Waals surface area contributed by atoms with Crippen LogP contribution in [0.2, 0.25) is 0 Å². The predicted molar refractivity (Wildman–Crippen MR) is 69.2 cm³/mol. The standard InChI is InChI=1S/C15H22O/c1-6-11(4)15-9-13(12(5)16)7-8-14(15)10(2)3/h7-11H,6H2,1-5H3. The second-order valence-electron chi connectivity index (χ2n) is 4.86. The van der Waals surface area contributed by atoms with Gasteiger partial charge >= 0.3 is 0 Å². The SMILES string of the molecule is CCC(C)c1cc(C(C)=O)ccc1C(C)C. The third-order valence-corrected chi connectivity index (χ3v) is 3.26. The smallest absolute Gasteiger partial charge is 0.159 e. The number of ketones is 1. The Bertz CT molecular complexity index is 377. The molecule has 0 aliphatic carbocycles. The Morgan fingerprint density at radius 1 is 1.19 bits per heavy atom. The maximum absolute atomic E-state index is 11.4. The average molecular weight is 218 g/mol. The molecule has 0 N–H and O–H groups in total. The van der Waals surface area contributed by atoms with E-state index in [1.165, 1.54) is 11.1 Å². The van der Waals surface area contributed by atoms with Crippen LogP contribution >= 0.6 is 0 Å². The minimum absolute atomic E-state index is 0.153. The molecule has 0 radical (unpaired) electrons. The number of hydrogen-bond acceptors (Lipinski definition) is 1. The summed E-state index contributed by atoms with van der Waals surface area (Å²) < 4.78 is 0. The topological polar surface area (TPSA) is 17.1 Å². The van der Waals surface area contributed by atoms with Gasteiger partial charge in [0.1, 0.15) is 0 Å². The van der Waals surface area contributed by atoms with Crippen molar-refractivity contribution in [3.8, 4) is 0 Å². The van der Waals surface area contributed by atoms with Crippen LogP contribution in [0.15, 0.2) is 18.2 Å². The molecule has 1 unspecified atom stereocenters. The molecular formula is C15H22O. The predicted octanol–water partition coefficient (Wildman–Crippen LogP) is 4.53. The van der Waals surface area contributed by atoms with E-state index in [2.05, 4.69) is 39.8 Å². The van der Waals surface area contributed by atoms with E-state index in [0.29, 0.717) is 11.8 Å². The number of carbonyl (C=O) groups is 1. The van der Waals surface area contributed by atoms with Crippen molar-refractivity contribution in [1.82, 2.24) is 0 Å². The fourth-order valence-corrected chi connectivity index (χ4v) is 1.97. The molecule has 0 saturated carbocycles. The highest BCUT2D eigenvalue weighted by Gasteiger charge is 2.13. The molecule has 1 aromatic rings. The molecule has 0 spiro atoms. The summed E-state index contributed by atoms with van der Waals surface area (Å²) in [6.07, 6.45) is 1.11. The summed E-state index contributed by atoms with van der Waals surface area (Å²) in [6, 6.07) is 6.14. The van der Waals surface area contributed by atoms with Crippen LogP contribution < -0.4 is 0 Å². The maximum atomic E-state index is 11.4. The Labute approximate surface area is 98.9 Å². The monoisotopic (exact) mass is 218 g/mol. The van der Waals surface area contributed by atoms with Crippen molar-refractivity contribution in [3.05, 3.63) is 34.9 Å². The summed E-state index contributed by atoms with van der Waals surface area (Å²) in [6.45, 7) is 10.5. The van der Waals surface area contributed by atoms with Crippen molar-refractivity contribution in [1.29, 1.82) is 0 Å². The molecule has 0 amide bonds. The minimum atomic E-state index is 0.153. The van der Waals surface area contributed by atoms with Crippen LogP contribution in [0.25, 0.3) is 0 Å². The van der Waals surface area contributed by atoms with Crippen LogP contribution in [0.1, 0.15) is 74.4 Å². The van der Waals surface area contributed by atoms with Crippen LogP contribution in [0, 0.1) is 0 Å². The normalized spacial score (nSPS) is 12.9.